The van der Waals surface area contributed by atoms with Crippen LogP contribution in [0.1, 0.15) is 69.3 Å². The molecular formula is C30H45N3O7Si. The Morgan fingerprint density at radius 3 is 2.51 bits per heavy atom. The molecular weight excluding hydrogens is 542 g/mol. The fourth-order valence-electron chi connectivity index (χ4n) is 5.44. The molecule has 2 saturated heterocycles. The molecule has 0 bridgehead atoms. The lowest BCUT2D eigenvalue weighted by atomic mass is 10.0. The third-order valence-corrected chi connectivity index (χ3v) is 9.52. The first-order valence-electron chi connectivity index (χ1n) is 14.7. The Balaban J connectivity index is 1.39. The monoisotopic (exact) mass is 587 g/mol. The van der Waals surface area contributed by atoms with E-state index in [0.29, 0.717) is 30.9 Å². The van der Waals surface area contributed by atoms with Crippen molar-refractivity contribution in [2.24, 2.45) is 0 Å². The summed E-state index contributed by atoms with van der Waals surface area (Å²) >= 11 is 0. The zero-order valence-corrected chi connectivity index (χ0v) is 26.5. The lowest BCUT2D eigenvalue weighted by molar-refractivity contribution is -0.158. The van der Waals surface area contributed by atoms with Gasteiger partial charge in [0, 0.05) is 39.8 Å². The second kappa shape index (κ2) is 12.1. The van der Waals surface area contributed by atoms with E-state index >= 15 is 0 Å². The lowest BCUT2D eigenvalue weighted by Gasteiger charge is -2.39. The molecule has 3 heterocycles. The summed E-state index contributed by atoms with van der Waals surface area (Å²) < 4.78 is 17.6. The van der Waals surface area contributed by atoms with Gasteiger partial charge in [0.2, 0.25) is 5.91 Å². The van der Waals surface area contributed by atoms with E-state index in [2.05, 4.69) is 19.6 Å². The zero-order valence-electron chi connectivity index (χ0n) is 25.5. The van der Waals surface area contributed by atoms with Crippen LogP contribution in [-0.4, -0.2) is 90.3 Å². The molecule has 0 aromatic heterocycles. The van der Waals surface area contributed by atoms with Crippen molar-refractivity contribution in [2.75, 3.05) is 19.9 Å². The number of piperidine rings is 2. The summed E-state index contributed by atoms with van der Waals surface area (Å²) in [6, 6.07) is 5.41. The molecule has 1 aromatic rings. The van der Waals surface area contributed by atoms with Gasteiger partial charge >= 0.3 is 6.09 Å². The summed E-state index contributed by atoms with van der Waals surface area (Å²) in [5.41, 5.74) is 0.739. The molecule has 0 saturated carbocycles. The first-order chi connectivity index (χ1) is 19.1. The third-order valence-electron chi connectivity index (χ3n) is 7.82. The average Bonchev–Trinajstić information content (AvgIpc) is 3.18. The van der Waals surface area contributed by atoms with Crippen LogP contribution in [0.15, 0.2) is 18.2 Å². The number of nitrogens with zero attached hydrogens (tertiary/aromatic N) is 3. The molecule has 3 aliphatic rings. The van der Waals surface area contributed by atoms with Gasteiger partial charge < -0.3 is 24.0 Å². The topological polar surface area (TPSA) is 106 Å². The number of hydrogen-bond acceptors (Lipinski definition) is 7. The Kier molecular flexibility index (Phi) is 9.18. The maximum absolute atomic E-state index is 13.3. The second-order valence-electron chi connectivity index (χ2n) is 13.5. The Labute approximate surface area is 244 Å². The van der Waals surface area contributed by atoms with E-state index in [1.807, 2.05) is 33.8 Å². The van der Waals surface area contributed by atoms with Crippen molar-refractivity contribution >= 4 is 31.9 Å². The second-order valence-corrected chi connectivity index (χ2v) is 19.1. The van der Waals surface area contributed by atoms with Gasteiger partial charge in [-0.25, -0.2) is 4.79 Å². The van der Waals surface area contributed by atoms with Gasteiger partial charge in [0.15, 0.2) is 0 Å². The normalized spacial score (nSPS) is 23.6. The highest BCUT2D eigenvalue weighted by molar-refractivity contribution is 6.76. The number of imide groups is 1. The smallest absolute Gasteiger partial charge is 0.410 e. The van der Waals surface area contributed by atoms with E-state index in [1.165, 1.54) is 0 Å². The number of rotatable bonds is 8. The third kappa shape index (κ3) is 7.48. The van der Waals surface area contributed by atoms with Crippen molar-refractivity contribution < 1.29 is 33.4 Å². The number of hydrogen-bond donors (Lipinski definition) is 0. The van der Waals surface area contributed by atoms with Gasteiger partial charge in [0.1, 0.15) is 30.2 Å². The summed E-state index contributed by atoms with van der Waals surface area (Å²) in [5.74, 6) is -0.254. The molecule has 0 N–H and O–H groups in total. The quantitative estimate of drug-likeness (QED) is 0.248. The SMILES string of the molecule is C[C@@H]1[C@H](Oc2ccc3c(c2)CN([C@@H]2CCC(=O)N(COCC[Si](C)(C)C)C2=O)C3=O)CCCN1C(=O)OC(C)(C)C. The molecule has 0 aliphatic carbocycles. The minimum absolute atomic E-state index is 0.0779. The fourth-order valence-corrected chi connectivity index (χ4v) is 6.20. The number of carbonyl (C=O) groups is 4. The van der Waals surface area contributed by atoms with Gasteiger partial charge in [-0.2, -0.15) is 0 Å². The fraction of sp³-hybridized carbons (Fsp3) is 0.667. The number of likely N-dealkylation sites (tertiary alicyclic amines) is 2. The van der Waals surface area contributed by atoms with Gasteiger partial charge in [-0.1, -0.05) is 19.6 Å². The number of ether oxygens (including phenoxy) is 3. The van der Waals surface area contributed by atoms with Crippen molar-refractivity contribution in [1.29, 1.82) is 0 Å². The molecule has 226 valence electrons. The summed E-state index contributed by atoms with van der Waals surface area (Å²) in [5, 5.41) is 0. The summed E-state index contributed by atoms with van der Waals surface area (Å²) in [6.45, 7) is 15.5. The highest BCUT2D eigenvalue weighted by Crippen LogP contribution is 2.33. The van der Waals surface area contributed by atoms with Crippen LogP contribution < -0.4 is 4.74 Å². The highest BCUT2D eigenvalue weighted by Gasteiger charge is 2.43. The molecule has 4 amide bonds. The van der Waals surface area contributed by atoms with Crippen LogP contribution in [0.3, 0.4) is 0 Å². The zero-order chi connectivity index (χ0) is 30.1. The summed E-state index contributed by atoms with van der Waals surface area (Å²) in [4.78, 5) is 56.3. The molecule has 11 heteroatoms. The van der Waals surface area contributed by atoms with Gasteiger partial charge in [0.05, 0.1) is 6.04 Å². The Hall–Kier alpha value is -2.92. The average molecular weight is 588 g/mol. The number of benzene rings is 1. The van der Waals surface area contributed by atoms with Crippen LogP contribution in [0.5, 0.6) is 5.75 Å². The number of fused-ring (bicyclic) bond motifs is 1. The van der Waals surface area contributed by atoms with Crippen molar-refractivity contribution in [3.05, 3.63) is 29.3 Å². The first-order valence-corrected chi connectivity index (χ1v) is 18.4. The summed E-state index contributed by atoms with van der Waals surface area (Å²) in [7, 11) is -1.30. The predicted octanol–water partition coefficient (Wildman–Crippen LogP) is 4.64. The Morgan fingerprint density at radius 2 is 1.83 bits per heavy atom. The van der Waals surface area contributed by atoms with Crippen LogP contribution in [0.2, 0.25) is 25.7 Å². The molecule has 3 aliphatic heterocycles. The van der Waals surface area contributed by atoms with Gasteiger partial charge in [0.25, 0.3) is 11.8 Å². The van der Waals surface area contributed by atoms with Gasteiger partial charge in [-0.05, 0) is 76.8 Å². The Bertz CT molecular complexity index is 1180. The highest BCUT2D eigenvalue weighted by atomic mass is 28.3. The van der Waals surface area contributed by atoms with Crippen LogP contribution in [0.4, 0.5) is 4.79 Å². The van der Waals surface area contributed by atoms with E-state index in [4.69, 9.17) is 14.2 Å². The van der Waals surface area contributed by atoms with Crippen LogP contribution >= 0.6 is 0 Å². The van der Waals surface area contributed by atoms with Crippen LogP contribution in [0.25, 0.3) is 0 Å². The van der Waals surface area contributed by atoms with Crippen LogP contribution in [0, 0.1) is 0 Å². The van der Waals surface area contributed by atoms with Crippen molar-refractivity contribution in [3.8, 4) is 5.75 Å². The standard InChI is InChI=1S/C30H45N3O7Si/c1-20-25(9-8-14-31(20)29(37)40-30(2,3)4)39-22-10-11-23-21(17-22)18-32(27(23)35)24-12-13-26(34)33(28(24)36)19-38-15-16-41(5,6)7/h10-11,17,20,24-25H,8-9,12-16,18-19H2,1-7H3/t20-,24-,25-/m1/s1. The minimum atomic E-state index is -1.30. The number of carbonyl (C=O) groups excluding carboxylic acids is 4. The Morgan fingerprint density at radius 1 is 1.10 bits per heavy atom. The van der Waals surface area contributed by atoms with E-state index in [-0.39, 0.29) is 55.7 Å². The van der Waals surface area contributed by atoms with E-state index in [1.54, 1.807) is 21.9 Å². The molecule has 0 spiro atoms. The molecule has 4 rings (SSSR count). The molecule has 41 heavy (non-hydrogen) atoms. The molecule has 3 atom stereocenters. The predicted molar refractivity (Wildman–Crippen MR) is 156 cm³/mol. The molecule has 2 fully saturated rings. The first kappa shape index (κ1) is 31.0. The molecule has 10 nitrogen and oxygen atoms in total. The van der Waals surface area contributed by atoms with Gasteiger partial charge in [-0.3, -0.25) is 19.3 Å². The van der Waals surface area contributed by atoms with E-state index < -0.39 is 19.7 Å². The molecule has 0 radical (unpaired) electrons. The van der Waals surface area contributed by atoms with Crippen molar-refractivity contribution in [2.45, 2.75) is 109 Å². The van der Waals surface area contributed by atoms with Crippen LogP contribution in [-0.2, 0) is 25.6 Å². The maximum atomic E-state index is 13.3. The lowest BCUT2D eigenvalue weighted by Crippen LogP contribution is -2.55. The van der Waals surface area contributed by atoms with E-state index in [9.17, 15) is 19.2 Å². The molecule has 1 aromatic carbocycles. The summed E-state index contributed by atoms with van der Waals surface area (Å²) in [6.07, 6.45) is 1.51. The van der Waals surface area contributed by atoms with E-state index in [0.717, 1.165) is 29.3 Å². The number of amides is 4. The van der Waals surface area contributed by atoms with Gasteiger partial charge in [-0.15, -0.1) is 0 Å². The van der Waals surface area contributed by atoms with Crippen molar-refractivity contribution in [1.82, 2.24) is 14.7 Å². The minimum Gasteiger partial charge on any atom is -0.488 e. The largest absolute Gasteiger partial charge is 0.488 e. The van der Waals surface area contributed by atoms with Crippen molar-refractivity contribution in [3.63, 3.8) is 0 Å². The molecule has 0 unspecified atom stereocenters. The maximum Gasteiger partial charge on any atom is 0.410 e.